The van der Waals surface area contributed by atoms with Crippen LogP contribution in [0.4, 0.5) is 5.82 Å². The van der Waals surface area contributed by atoms with Gasteiger partial charge in [0.15, 0.2) is 0 Å². The highest BCUT2D eigenvalue weighted by Gasteiger charge is 2.29. The molecule has 0 atom stereocenters. The number of rotatable bonds is 4. The van der Waals surface area contributed by atoms with E-state index in [0.29, 0.717) is 16.7 Å². The average Bonchev–Trinajstić information content (AvgIpc) is 2.91. The standard InChI is InChI=1S/C17H16ClN3O2S/c1-9-19-14(21-17(2,3)16(22)23)13-12(8-24-15(13)20-9)10-4-6-11(18)7-5-10/h4-8H,1-3H3,(H,22,23)(H,19,20,21). The Morgan fingerprint density at radius 3 is 2.54 bits per heavy atom. The van der Waals surface area contributed by atoms with Gasteiger partial charge in [-0.05, 0) is 38.5 Å². The maximum atomic E-state index is 11.5. The number of thiophene rings is 1. The minimum atomic E-state index is -1.15. The zero-order valence-corrected chi connectivity index (χ0v) is 15.0. The zero-order valence-electron chi connectivity index (χ0n) is 13.4. The molecule has 3 rings (SSSR count). The SMILES string of the molecule is Cc1nc(NC(C)(C)C(=O)O)c2c(-c3ccc(Cl)cc3)csc2n1. The molecule has 7 heteroatoms. The van der Waals surface area contributed by atoms with Crippen molar-refractivity contribution >= 4 is 44.9 Å². The number of hydrogen-bond donors (Lipinski definition) is 2. The topological polar surface area (TPSA) is 75.1 Å². The molecule has 0 bridgehead atoms. The third-order valence-corrected chi connectivity index (χ3v) is 4.79. The van der Waals surface area contributed by atoms with E-state index in [4.69, 9.17) is 11.6 Å². The summed E-state index contributed by atoms with van der Waals surface area (Å²) in [4.78, 5) is 21.2. The summed E-state index contributed by atoms with van der Waals surface area (Å²) < 4.78 is 0. The molecule has 2 aromatic heterocycles. The van der Waals surface area contributed by atoms with Crippen LogP contribution in [0.5, 0.6) is 0 Å². The maximum absolute atomic E-state index is 11.5. The number of aliphatic carboxylic acids is 1. The van der Waals surface area contributed by atoms with Crippen molar-refractivity contribution in [3.05, 3.63) is 40.5 Å². The van der Waals surface area contributed by atoms with Gasteiger partial charge in [-0.1, -0.05) is 23.7 Å². The fourth-order valence-electron chi connectivity index (χ4n) is 2.33. The minimum absolute atomic E-state index is 0.524. The van der Waals surface area contributed by atoms with Crippen molar-refractivity contribution in [3.63, 3.8) is 0 Å². The number of carbonyl (C=O) groups is 1. The van der Waals surface area contributed by atoms with Crippen LogP contribution in [0.2, 0.25) is 5.02 Å². The van der Waals surface area contributed by atoms with Crippen LogP contribution in [-0.2, 0) is 4.79 Å². The van der Waals surface area contributed by atoms with Crippen molar-refractivity contribution < 1.29 is 9.90 Å². The summed E-state index contributed by atoms with van der Waals surface area (Å²) in [7, 11) is 0. The van der Waals surface area contributed by atoms with Crippen molar-refractivity contribution in [1.29, 1.82) is 0 Å². The van der Waals surface area contributed by atoms with Crippen molar-refractivity contribution in [2.75, 3.05) is 5.32 Å². The molecule has 0 fully saturated rings. The van der Waals surface area contributed by atoms with Crippen LogP contribution in [0.1, 0.15) is 19.7 Å². The van der Waals surface area contributed by atoms with Gasteiger partial charge in [-0.2, -0.15) is 0 Å². The van der Waals surface area contributed by atoms with E-state index >= 15 is 0 Å². The number of hydrogen-bond acceptors (Lipinski definition) is 5. The molecule has 0 aliphatic rings. The summed E-state index contributed by atoms with van der Waals surface area (Å²) in [6, 6.07) is 7.50. The quantitative estimate of drug-likeness (QED) is 0.710. The van der Waals surface area contributed by atoms with Gasteiger partial charge in [-0.3, -0.25) is 0 Å². The normalized spacial score (nSPS) is 11.7. The molecule has 1 aromatic carbocycles. The molecule has 0 saturated carbocycles. The molecule has 0 unspecified atom stereocenters. The van der Waals surface area contributed by atoms with Crippen molar-refractivity contribution in [2.24, 2.45) is 0 Å². The number of nitrogens with one attached hydrogen (secondary N) is 1. The highest BCUT2D eigenvalue weighted by atomic mass is 35.5. The van der Waals surface area contributed by atoms with Crippen molar-refractivity contribution in [2.45, 2.75) is 26.3 Å². The van der Waals surface area contributed by atoms with Crippen LogP contribution in [0.3, 0.4) is 0 Å². The lowest BCUT2D eigenvalue weighted by Crippen LogP contribution is -2.40. The third-order valence-electron chi connectivity index (χ3n) is 3.67. The highest BCUT2D eigenvalue weighted by molar-refractivity contribution is 7.17. The number of carboxylic acid groups (broad SMARTS) is 1. The predicted octanol–water partition coefficient (Wildman–Crippen LogP) is 4.60. The minimum Gasteiger partial charge on any atom is -0.480 e. The Hall–Kier alpha value is -2.18. The second-order valence-electron chi connectivity index (χ2n) is 6.01. The van der Waals surface area contributed by atoms with E-state index in [1.54, 1.807) is 20.8 Å². The highest BCUT2D eigenvalue weighted by Crippen LogP contribution is 2.38. The summed E-state index contributed by atoms with van der Waals surface area (Å²) in [5, 5.41) is 15.9. The number of benzene rings is 1. The maximum Gasteiger partial charge on any atom is 0.328 e. The predicted molar refractivity (Wildman–Crippen MR) is 97.9 cm³/mol. The second-order valence-corrected chi connectivity index (χ2v) is 7.31. The fourth-order valence-corrected chi connectivity index (χ4v) is 3.45. The van der Waals surface area contributed by atoms with Gasteiger partial charge < -0.3 is 10.4 Å². The molecule has 24 heavy (non-hydrogen) atoms. The number of carboxylic acids is 1. The van der Waals surface area contributed by atoms with E-state index in [-0.39, 0.29) is 0 Å². The molecule has 0 aliphatic carbocycles. The molecule has 0 radical (unpaired) electrons. The van der Waals surface area contributed by atoms with Crippen LogP contribution in [0.15, 0.2) is 29.6 Å². The number of fused-ring (bicyclic) bond motifs is 1. The summed E-state index contributed by atoms with van der Waals surface area (Å²) in [6.45, 7) is 5.00. The van der Waals surface area contributed by atoms with Gasteiger partial charge in [-0.25, -0.2) is 14.8 Å². The Kier molecular flexibility index (Phi) is 4.19. The first kappa shape index (κ1) is 16.7. The molecule has 0 aliphatic heterocycles. The smallest absolute Gasteiger partial charge is 0.328 e. The van der Waals surface area contributed by atoms with Gasteiger partial charge in [0.25, 0.3) is 0 Å². The van der Waals surface area contributed by atoms with Gasteiger partial charge >= 0.3 is 5.97 Å². The summed E-state index contributed by atoms with van der Waals surface area (Å²) in [5.41, 5.74) is 0.789. The van der Waals surface area contributed by atoms with E-state index < -0.39 is 11.5 Å². The lowest BCUT2D eigenvalue weighted by atomic mass is 10.0. The molecule has 0 saturated heterocycles. The van der Waals surface area contributed by atoms with Crippen molar-refractivity contribution in [1.82, 2.24) is 9.97 Å². The van der Waals surface area contributed by atoms with Crippen LogP contribution in [0, 0.1) is 6.92 Å². The molecule has 0 spiro atoms. The molecule has 124 valence electrons. The molecule has 2 N–H and O–H groups in total. The Morgan fingerprint density at radius 1 is 1.25 bits per heavy atom. The first-order chi connectivity index (χ1) is 11.3. The molecule has 5 nitrogen and oxygen atoms in total. The number of aromatic nitrogens is 2. The van der Waals surface area contributed by atoms with Gasteiger partial charge in [0.2, 0.25) is 0 Å². The summed E-state index contributed by atoms with van der Waals surface area (Å²) in [6.07, 6.45) is 0. The third kappa shape index (κ3) is 3.07. The van der Waals surface area contributed by atoms with Crippen LogP contribution in [-0.4, -0.2) is 26.6 Å². The number of anilines is 1. The van der Waals surface area contributed by atoms with Crippen LogP contribution in [0.25, 0.3) is 21.3 Å². The van der Waals surface area contributed by atoms with Crippen LogP contribution < -0.4 is 5.32 Å². The summed E-state index contributed by atoms with van der Waals surface area (Å²) in [5.74, 6) is 0.169. The first-order valence-corrected chi connectivity index (χ1v) is 8.57. The first-order valence-electron chi connectivity index (χ1n) is 7.31. The average molecular weight is 362 g/mol. The Labute approximate surface area is 148 Å². The van der Waals surface area contributed by atoms with E-state index in [1.807, 2.05) is 29.6 Å². The lowest BCUT2D eigenvalue weighted by Gasteiger charge is -2.22. The van der Waals surface area contributed by atoms with E-state index in [9.17, 15) is 9.90 Å². The van der Waals surface area contributed by atoms with Gasteiger partial charge in [0, 0.05) is 16.0 Å². The van der Waals surface area contributed by atoms with Crippen molar-refractivity contribution in [3.8, 4) is 11.1 Å². The lowest BCUT2D eigenvalue weighted by molar-refractivity contribution is -0.141. The van der Waals surface area contributed by atoms with Gasteiger partial charge in [-0.15, -0.1) is 11.3 Å². The molecule has 3 aromatic rings. The molecular weight excluding hydrogens is 346 g/mol. The summed E-state index contributed by atoms with van der Waals surface area (Å²) >= 11 is 7.47. The van der Waals surface area contributed by atoms with Gasteiger partial charge in [0.05, 0.1) is 5.39 Å². The van der Waals surface area contributed by atoms with E-state index in [0.717, 1.165) is 21.3 Å². The largest absolute Gasteiger partial charge is 0.480 e. The van der Waals surface area contributed by atoms with E-state index in [1.165, 1.54) is 11.3 Å². The Bertz CT molecular complexity index is 919. The van der Waals surface area contributed by atoms with Gasteiger partial charge in [0.1, 0.15) is 22.0 Å². The van der Waals surface area contributed by atoms with Crippen LogP contribution >= 0.6 is 22.9 Å². The number of halogens is 1. The Balaban J connectivity index is 2.19. The molecule has 2 heterocycles. The molecule has 0 amide bonds. The fraction of sp³-hybridized carbons (Fsp3) is 0.235. The number of aryl methyl sites for hydroxylation is 1. The zero-order chi connectivity index (χ0) is 17.5. The van der Waals surface area contributed by atoms with E-state index in [2.05, 4.69) is 15.3 Å². The monoisotopic (exact) mass is 361 g/mol. The molecular formula is C17H16ClN3O2S. The number of nitrogens with zero attached hydrogens (tertiary/aromatic N) is 2. The second kappa shape index (κ2) is 6.03. The Morgan fingerprint density at radius 2 is 1.92 bits per heavy atom.